The van der Waals surface area contributed by atoms with Crippen LogP contribution in [0.5, 0.6) is 0 Å². The average Bonchev–Trinajstić information content (AvgIpc) is 2.69. The summed E-state index contributed by atoms with van der Waals surface area (Å²) in [4.78, 5) is 14.3. The van der Waals surface area contributed by atoms with E-state index in [0.717, 1.165) is 23.2 Å². The Morgan fingerprint density at radius 2 is 2.03 bits per heavy atom. The maximum atomic E-state index is 14.4. The summed E-state index contributed by atoms with van der Waals surface area (Å²) in [6, 6.07) is 6.32. The van der Waals surface area contributed by atoms with Crippen LogP contribution in [0.4, 0.5) is 15.8 Å². The Balaban J connectivity index is 2.15. The maximum Gasteiger partial charge on any atom is 0.252 e. The molecule has 6 nitrogen and oxygen atoms in total. The van der Waals surface area contributed by atoms with Crippen molar-refractivity contribution in [3.8, 4) is 0 Å². The minimum atomic E-state index is -0.917. The molecule has 0 saturated heterocycles. The smallest absolute Gasteiger partial charge is 0.252 e. The lowest BCUT2D eigenvalue weighted by atomic mass is 10.0. The van der Waals surface area contributed by atoms with Crippen LogP contribution in [0.1, 0.15) is 30.2 Å². The molecule has 2 aromatic rings. The molecule has 0 spiro atoms. The number of aromatic nitrogens is 1. The van der Waals surface area contributed by atoms with Gasteiger partial charge in [0.2, 0.25) is 0 Å². The zero-order valence-electron chi connectivity index (χ0n) is 16.8. The zero-order chi connectivity index (χ0) is 21.1. The van der Waals surface area contributed by atoms with Crippen molar-refractivity contribution in [2.24, 2.45) is 7.05 Å². The summed E-state index contributed by atoms with van der Waals surface area (Å²) >= 11 is 0. The first-order chi connectivity index (χ1) is 13.8. The molecule has 1 aliphatic heterocycles. The molecule has 0 saturated carbocycles. The third-order valence-corrected chi connectivity index (χ3v) is 4.87. The minimum Gasteiger partial charge on any atom is -0.394 e. The molecular formula is C22H26FN3O3. The molecule has 29 heavy (non-hydrogen) atoms. The Morgan fingerprint density at radius 3 is 2.69 bits per heavy atom. The van der Waals surface area contributed by atoms with Crippen molar-refractivity contribution in [1.82, 2.24) is 9.47 Å². The van der Waals surface area contributed by atoms with E-state index in [4.69, 9.17) is 0 Å². The first-order valence-corrected chi connectivity index (χ1v) is 9.57. The third kappa shape index (κ3) is 4.26. The van der Waals surface area contributed by atoms with Gasteiger partial charge >= 0.3 is 0 Å². The number of hydrogen-bond donors (Lipinski definition) is 3. The summed E-state index contributed by atoms with van der Waals surface area (Å²) in [5.41, 5.74) is 3.55. The van der Waals surface area contributed by atoms with Gasteiger partial charge in [0.1, 0.15) is 5.82 Å². The molecule has 1 unspecified atom stereocenters. The summed E-state index contributed by atoms with van der Waals surface area (Å²) in [5, 5.41) is 22.2. The quantitative estimate of drug-likeness (QED) is 0.696. The van der Waals surface area contributed by atoms with Crippen molar-refractivity contribution in [2.75, 3.05) is 18.5 Å². The molecule has 1 aromatic heterocycles. The molecule has 1 atom stereocenters. The van der Waals surface area contributed by atoms with Crippen molar-refractivity contribution in [3.05, 3.63) is 69.5 Å². The van der Waals surface area contributed by atoms with Gasteiger partial charge in [-0.05, 0) is 37.1 Å². The van der Waals surface area contributed by atoms with Gasteiger partial charge in [0.05, 0.1) is 36.3 Å². The second-order valence-corrected chi connectivity index (χ2v) is 7.13. The van der Waals surface area contributed by atoms with E-state index in [-0.39, 0.29) is 24.4 Å². The summed E-state index contributed by atoms with van der Waals surface area (Å²) in [5.74, 6) is -0.403. The number of aryl methyl sites for hydroxylation is 1. The predicted molar refractivity (Wildman–Crippen MR) is 113 cm³/mol. The molecule has 0 radical (unpaired) electrons. The largest absolute Gasteiger partial charge is 0.394 e. The molecule has 3 N–H and O–H groups in total. The molecule has 3 rings (SSSR count). The lowest BCUT2D eigenvalue weighted by Crippen LogP contribution is -2.33. The van der Waals surface area contributed by atoms with E-state index in [2.05, 4.69) is 5.32 Å². The number of halogens is 1. The van der Waals surface area contributed by atoms with Crippen LogP contribution in [0.15, 0.2) is 41.3 Å². The van der Waals surface area contributed by atoms with Gasteiger partial charge in [-0.1, -0.05) is 19.1 Å². The van der Waals surface area contributed by atoms with E-state index in [1.165, 1.54) is 16.7 Å². The van der Waals surface area contributed by atoms with E-state index in [1.54, 1.807) is 31.5 Å². The number of fused-ring (bicyclic) bond motifs is 1. The molecule has 2 heterocycles. The molecular weight excluding hydrogens is 373 g/mol. The first kappa shape index (κ1) is 20.8. The fraction of sp³-hybridized carbons (Fsp3) is 0.318. The van der Waals surface area contributed by atoms with Gasteiger partial charge < -0.3 is 25.0 Å². The number of nitrogens with zero attached hydrogens (tertiary/aromatic N) is 2. The number of hydrogen-bond acceptors (Lipinski definition) is 5. The number of aliphatic hydroxyl groups is 2. The highest BCUT2D eigenvalue weighted by Crippen LogP contribution is 2.36. The van der Waals surface area contributed by atoms with Crippen LogP contribution in [0.3, 0.4) is 0 Å². The Morgan fingerprint density at radius 1 is 1.28 bits per heavy atom. The fourth-order valence-corrected chi connectivity index (χ4v) is 3.39. The zero-order valence-corrected chi connectivity index (χ0v) is 16.8. The molecule has 0 aliphatic carbocycles. The lowest BCUT2D eigenvalue weighted by molar-refractivity contribution is 0.0820. The number of aliphatic hydroxyl groups excluding tert-OH is 2. The van der Waals surface area contributed by atoms with Gasteiger partial charge in [0, 0.05) is 30.6 Å². The molecule has 154 valence electrons. The van der Waals surface area contributed by atoms with Crippen molar-refractivity contribution in [1.29, 1.82) is 0 Å². The van der Waals surface area contributed by atoms with Crippen LogP contribution in [-0.2, 0) is 7.05 Å². The van der Waals surface area contributed by atoms with Gasteiger partial charge in [-0.2, -0.15) is 0 Å². The SMILES string of the molecule is CC/C=C1/c2c(Nc3ccc(C)cc3F)cc(=O)n(C)c2C=CN1CC(O)CO. The topological polar surface area (TPSA) is 77.7 Å². The fourth-order valence-electron chi connectivity index (χ4n) is 3.39. The standard InChI is InChI=1S/C22H26FN3O3/c1-4-5-20-22-18(24-17-7-6-14(2)10-16(17)23)11-21(29)25(3)19(22)8-9-26(20)12-15(28)13-27/h5-11,15,24,27-28H,4,12-13H2,1-3H3/b20-5-. The molecule has 1 aromatic carbocycles. The molecule has 7 heteroatoms. The average molecular weight is 399 g/mol. The van der Waals surface area contributed by atoms with Crippen molar-refractivity contribution in [3.63, 3.8) is 0 Å². The number of nitrogens with one attached hydrogen (secondary N) is 1. The van der Waals surface area contributed by atoms with Crippen molar-refractivity contribution in [2.45, 2.75) is 26.4 Å². The number of β-amino-alcohol motifs (C(OH)–C–C–N with tert-alkyl or cyclic N) is 1. The summed E-state index contributed by atoms with van der Waals surface area (Å²) in [7, 11) is 1.68. The number of rotatable bonds is 6. The second-order valence-electron chi connectivity index (χ2n) is 7.13. The van der Waals surface area contributed by atoms with Crippen molar-refractivity contribution >= 4 is 23.1 Å². The van der Waals surface area contributed by atoms with Crippen LogP contribution in [0.25, 0.3) is 11.8 Å². The van der Waals surface area contributed by atoms with E-state index in [0.29, 0.717) is 11.4 Å². The monoisotopic (exact) mass is 399 g/mol. The van der Waals surface area contributed by atoms with E-state index >= 15 is 0 Å². The van der Waals surface area contributed by atoms with Crippen LogP contribution in [0, 0.1) is 12.7 Å². The van der Waals surface area contributed by atoms with Crippen LogP contribution in [0.2, 0.25) is 0 Å². The van der Waals surface area contributed by atoms with Gasteiger partial charge in [0.15, 0.2) is 0 Å². The van der Waals surface area contributed by atoms with E-state index in [9.17, 15) is 19.4 Å². The van der Waals surface area contributed by atoms with Crippen molar-refractivity contribution < 1.29 is 14.6 Å². The first-order valence-electron chi connectivity index (χ1n) is 9.57. The summed E-state index contributed by atoms with van der Waals surface area (Å²) in [6.45, 7) is 3.63. The number of anilines is 2. The van der Waals surface area contributed by atoms with Gasteiger partial charge in [-0.3, -0.25) is 4.79 Å². The summed E-state index contributed by atoms with van der Waals surface area (Å²) < 4.78 is 16.0. The highest BCUT2D eigenvalue weighted by molar-refractivity contribution is 5.86. The van der Waals surface area contributed by atoms with Gasteiger partial charge in [0.25, 0.3) is 5.56 Å². The van der Waals surface area contributed by atoms with E-state index in [1.807, 2.05) is 24.8 Å². The lowest BCUT2D eigenvalue weighted by Gasteiger charge is -2.32. The second kappa shape index (κ2) is 8.63. The van der Waals surface area contributed by atoms with Crippen LogP contribution in [-0.4, -0.2) is 38.9 Å². The Bertz CT molecular complexity index is 1030. The predicted octanol–water partition coefficient (Wildman–Crippen LogP) is 2.97. The minimum absolute atomic E-state index is 0.194. The molecule has 0 amide bonds. The maximum absolute atomic E-state index is 14.4. The number of allylic oxidation sites excluding steroid dienone is 1. The summed E-state index contributed by atoms with van der Waals surface area (Å²) in [6.07, 6.45) is 5.34. The van der Waals surface area contributed by atoms with Crippen LogP contribution >= 0.6 is 0 Å². The highest BCUT2D eigenvalue weighted by atomic mass is 19.1. The number of benzene rings is 1. The Kier molecular flexibility index (Phi) is 6.20. The Labute approximate surface area is 169 Å². The number of pyridine rings is 1. The van der Waals surface area contributed by atoms with Crippen LogP contribution < -0.4 is 10.9 Å². The highest BCUT2D eigenvalue weighted by Gasteiger charge is 2.25. The Hall–Kier alpha value is -2.90. The third-order valence-electron chi connectivity index (χ3n) is 4.87. The van der Waals surface area contributed by atoms with E-state index < -0.39 is 11.9 Å². The van der Waals surface area contributed by atoms with Gasteiger partial charge in [-0.15, -0.1) is 0 Å². The molecule has 0 bridgehead atoms. The van der Waals surface area contributed by atoms with Gasteiger partial charge in [-0.25, -0.2) is 4.39 Å². The molecule has 1 aliphatic rings. The molecule has 0 fully saturated rings. The normalized spacial score (nSPS) is 15.5.